The predicted octanol–water partition coefficient (Wildman–Crippen LogP) is 1.50. The topological polar surface area (TPSA) is 144 Å². The Balaban J connectivity index is 1.53. The zero-order valence-corrected chi connectivity index (χ0v) is 22.4. The molecule has 12 nitrogen and oxygen atoms in total. The molecule has 3 aromatic rings. The number of benzene rings is 2. The van der Waals surface area contributed by atoms with Gasteiger partial charge in [0.1, 0.15) is 11.8 Å². The van der Waals surface area contributed by atoms with Crippen molar-refractivity contribution < 1.29 is 27.9 Å². The highest BCUT2D eigenvalue weighted by molar-refractivity contribution is 5.94. The molecule has 2 aromatic carbocycles. The van der Waals surface area contributed by atoms with Crippen LogP contribution in [0.15, 0.2) is 35.1 Å². The number of hydrogen-bond donors (Lipinski definition) is 3. The van der Waals surface area contributed by atoms with Crippen LogP contribution in [0.2, 0.25) is 0 Å². The number of nitrogens with one attached hydrogen (secondary N) is 2. The maximum atomic E-state index is 15.3. The van der Waals surface area contributed by atoms with Gasteiger partial charge in [0.15, 0.2) is 11.6 Å². The first kappa shape index (κ1) is 28.5. The third-order valence-electron chi connectivity index (χ3n) is 6.68. The van der Waals surface area contributed by atoms with Crippen LogP contribution in [0, 0.1) is 11.6 Å². The number of ether oxygens (including phenoxy) is 1. The van der Waals surface area contributed by atoms with E-state index in [4.69, 9.17) is 10.5 Å². The number of amides is 3. The molecule has 0 spiro atoms. The number of anilines is 3. The van der Waals surface area contributed by atoms with Crippen LogP contribution >= 0.6 is 0 Å². The third-order valence-corrected chi connectivity index (χ3v) is 6.68. The molecule has 0 radical (unpaired) electrons. The molecular formula is C26H31F2N7O5. The summed E-state index contributed by atoms with van der Waals surface area (Å²) in [6.45, 7) is 3.65. The Morgan fingerprint density at radius 2 is 1.88 bits per heavy atom. The van der Waals surface area contributed by atoms with Crippen LogP contribution in [0.3, 0.4) is 0 Å². The number of nitrogens with two attached hydrogens (primary N) is 1. The Kier molecular flexibility index (Phi) is 8.38. The molecule has 3 amide bonds. The summed E-state index contributed by atoms with van der Waals surface area (Å²) in [5.41, 5.74) is 5.80. The number of nitrogens with zero attached hydrogens (tertiary/aromatic N) is 4. The van der Waals surface area contributed by atoms with Crippen LogP contribution < -0.4 is 31.7 Å². The van der Waals surface area contributed by atoms with E-state index >= 15 is 8.78 Å². The molecule has 1 aromatic heterocycles. The average Bonchev–Trinajstić information content (AvgIpc) is 3.40. The van der Waals surface area contributed by atoms with E-state index in [0.717, 1.165) is 17.0 Å². The number of cyclic esters (lactones) is 1. The highest BCUT2D eigenvalue weighted by Gasteiger charge is 2.33. The molecule has 1 fully saturated rings. The fraction of sp³-hybridized carbons (Fsp3) is 0.385. The highest BCUT2D eigenvalue weighted by Crippen LogP contribution is 2.31. The Labute approximate surface area is 228 Å². The number of carbonyl (C=O) groups is 3. The van der Waals surface area contributed by atoms with Crippen molar-refractivity contribution >= 4 is 45.9 Å². The van der Waals surface area contributed by atoms with Gasteiger partial charge >= 0.3 is 6.09 Å². The van der Waals surface area contributed by atoms with Gasteiger partial charge in [0.2, 0.25) is 11.8 Å². The third kappa shape index (κ3) is 5.76. The van der Waals surface area contributed by atoms with Crippen molar-refractivity contribution in [2.75, 3.05) is 47.8 Å². The second-order valence-electron chi connectivity index (χ2n) is 9.33. The van der Waals surface area contributed by atoms with E-state index in [1.807, 2.05) is 0 Å². The smallest absolute Gasteiger partial charge is 0.414 e. The minimum Gasteiger partial charge on any atom is -0.442 e. The number of halogens is 2. The molecule has 214 valence electrons. The fourth-order valence-corrected chi connectivity index (χ4v) is 4.69. The minimum atomic E-state index is -0.860. The minimum absolute atomic E-state index is 0.00135. The van der Waals surface area contributed by atoms with Gasteiger partial charge in [-0.15, -0.1) is 0 Å². The van der Waals surface area contributed by atoms with E-state index in [1.165, 1.54) is 16.5 Å². The van der Waals surface area contributed by atoms with E-state index in [-0.39, 0.29) is 62.1 Å². The van der Waals surface area contributed by atoms with Gasteiger partial charge in [-0.3, -0.25) is 28.6 Å². The van der Waals surface area contributed by atoms with Crippen molar-refractivity contribution in [3.8, 4) is 0 Å². The van der Waals surface area contributed by atoms with E-state index < -0.39 is 29.7 Å². The highest BCUT2D eigenvalue weighted by atomic mass is 19.1. The van der Waals surface area contributed by atoms with Crippen molar-refractivity contribution in [2.24, 2.45) is 12.8 Å². The number of fused-ring (bicyclic) bond motifs is 1. The largest absolute Gasteiger partial charge is 0.442 e. The summed E-state index contributed by atoms with van der Waals surface area (Å²) in [6, 6.07) is 7.03. The van der Waals surface area contributed by atoms with Crippen LogP contribution in [0.5, 0.6) is 0 Å². The van der Waals surface area contributed by atoms with Crippen molar-refractivity contribution in [1.29, 1.82) is 0 Å². The van der Waals surface area contributed by atoms with Crippen LogP contribution in [-0.4, -0.2) is 66.1 Å². The van der Waals surface area contributed by atoms with Gasteiger partial charge in [-0.25, -0.2) is 13.6 Å². The molecule has 14 heteroatoms. The molecule has 4 N–H and O–H groups in total. The average molecular weight is 560 g/mol. The molecule has 0 saturated carbocycles. The predicted molar refractivity (Wildman–Crippen MR) is 145 cm³/mol. The van der Waals surface area contributed by atoms with Crippen molar-refractivity contribution in [2.45, 2.75) is 26.5 Å². The quantitative estimate of drug-likeness (QED) is 0.342. The van der Waals surface area contributed by atoms with Crippen LogP contribution in [0.1, 0.15) is 13.8 Å². The van der Waals surface area contributed by atoms with Gasteiger partial charge in [-0.2, -0.15) is 0 Å². The fourth-order valence-electron chi connectivity index (χ4n) is 4.69. The first-order chi connectivity index (χ1) is 19.0. The molecule has 40 heavy (non-hydrogen) atoms. The second-order valence-corrected chi connectivity index (χ2v) is 9.33. The molecule has 1 aliphatic rings. The zero-order chi connectivity index (χ0) is 29.1. The maximum Gasteiger partial charge on any atom is 0.414 e. The van der Waals surface area contributed by atoms with Crippen molar-refractivity contribution in [3.05, 3.63) is 52.3 Å². The number of aromatic nitrogens is 2. The number of carbonyl (C=O) groups excluding carboxylic acids is 3. The van der Waals surface area contributed by atoms with Crippen LogP contribution in [-0.2, 0) is 27.9 Å². The van der Waals surface area contributed by atoms with Crippen molar-refractivity contribution in [3.63, 3.8) is 0 Å². The molecule has 1 atom stereocenters. The summed E-state index contributed by atoms with van der Waals surface area (Å²) < 4.78 is 38.9. The molecule has 4 rings (SSSR count). The van der Waals surface area contributed by atoms with Gasteiger partial charge in [-0.05, 0) is 25.1 Å². The lowest BCUT2D eigenvalue weighted by atomic mass is 10.2. The summed E-state index contributed by atoms with van der Waals surface area (Å²) in [5, 5.41) is 5.53. The lowest BCUT2D eigenvalue weighted by molar-refractivity contribution is -0.119. The number of rotatable bonds is 10. The van der Waals surface area contributed by atoms with Gasteiger partial charge in [0.05, 0.1) is 42.8 Å². The second kappa shape index (κ2) is 11.7. The van der Waals surface area contributed by atoms with Gasteiger partial charge in [0, 0.05) is 44.9 Å². The summed E-state index contributed by atoms with van der Waals surface area (Å²) in [4.78, 5) is 50.5. The summed E-state index contributed by atoms with van der Waals surface area (Å²) in [7, 11) is 1.58. The van der Waals surface area contributed by atoms with Gasteiger partial charge < -0.3 is 26.0 Å². The number of likely N-dealkylation sites (N-methyl/N-ethyl adjacent to an activating group) is 1. The Bertz CT molecular complexity index is 1500. The van der Waals surface area contributed by atoms with Gasteiger partial charge in [-0.1, -0.05) is 0 Å². The summed E-state index contributed by atoms with van der Waals surface area (Å²) in [5.74, 6) is -2.40. The van der Waals surface area contributed by atoms with Gasteiger partial charge in [0.25, 0.3) is 5.56 Å². The molecule has 2 heterocycles. The Hall–Kier alpha value is -4.46. The molecule has 0 unspecified atom stereocenters. The molecule has 0 aliphatic carbocycles. The van der Waals surface area contributed by atoms with E-state index in [0.29, 0.717) is 16.6 Å². The Morgan fingerprint density at radius 3 is 2.50 bits per heavy atom. The SMILES string of the molecule is CCN(CCn1c2ccc(NC(=O)CN)cc2c(=O)n1C)c1c(F)cc(N2C[C@H](CNC(C)=O)OC2=O)cc1F. The molecule has 1 aliphatic heterocycles. The Morgan fingerprint density at radius 1 is 1.18 bits per heavy atom. The summed E-state index contributed by atoms with van der Waals surface area (Å²) >= 11 is 0. The van der Waals surface area contributed by atoms with Crippen LogP contribution in [0.25, 0.3) is 10.9 Å². The van der Waals surface area contributed by atoms with Crippen molar-refractivity contribution in [1.82, 2.24) is 14.7 Å². The first-order valence-corrected chi connectivity index (χ1v) is 12.7. The standard InChI is InChI=1S/C26H31F2N7O5/c1-4-33(7-8-35-22-6-5-16(31-23(37)12-29)9-19(22)25(38)32(35)3)24-20(27)10-17(11-21(24)28)34-14-18(40-26(34)39)13-30-15(2)36/h5-6,9-11,18H,4,7-8,12-14,29H2,1-3H3,(H,30,36)(H,31,37)/t18-/m0/s1. The molecule has 1 saturated heterocycles. The van der Waals surface area contributed by atoms with E-state index in [9.17, 15) is 19.2 Å². The van der Waals surface area contributed by atoms with Crippen LogP contribution in [0.4, 0.5) is 30.6 Å². The lowest BCUT2D eigenvalue weighted by Gasteiger charge is -2.26. The monoisotopic (exact) mass is 559 g/mol. The lowest BCUT2D eigenvalue weighted by Crippen LogP contribution is -2.33. The van der Waals surface area contributed by atoms with E-state index in [1.54, 1.807) is 36.9 Å². The zero-order valence-electron chi connectivity index (χ0n) is 22.4. The number of hydrogen-bond acceptors (Lipinski definition) is 7. The first-order valence-electron chi connectivity index (χ1n) is 12.7. The van der Waals surface area contributed by atoms with E-state index in [2.05, 4.69) is 10.6 Å². The molecular weight excluding hydrogens is 528 g/mol. The molecule has 0 bridgehead atoms. The normalized spacial score (nSPS) is 14.9. The maximum absolute atomic E-state index is 15.3. The summed E-state index contributed by atoms with van der Waals surface area (Å²) in [6.07, 6.45) is -1.41.